The summed E-state index contributed by atoms with van der Waals surface area (Å²) in [7, 11) is 0. The molecule has 2 N–H and O–H groups in total. The van der Waals surface area contributed by atoms with Gasteiger partial charge in [-0.15, -0.1) is 22.9 Å². The molecule has 0 atom stereocenters. The van der Waals surface area contributed by atoms with Crippen LogP contribution in [0.25, 0.3) is 10.1 Å². The van der Waals surface area contributed by atoms with E-state index in [-0.39, 0.29) is 0 Å². The second-order valence-electron chi connectivity index (χ2n) is 2.76. The molecule has 0 bridgehead atoms. The molecule has 0 aliphatic heterocycles. The van der Waals surface area contributed by atoms with Crippen molar-refractivity contribution in [3.8, 4) is 0 Å². The van der Waals surface area contributed by atoms with Gasteiger partial charge in [-0.3, -0.25) is 0 Å². The Hall–Kier alpha value is -0.250. The summed E-state index contributed by atoms with van der Waals surface area (Å²) in [6, 6.07) is 6.08. The highest BCUT2D eigenvalue weighted by molar-refractivity contribution is 9.10. The maximum absolute atomic E-state index is 5.76. The normalized spacial score (nSPS) is 10.9. The third-order valence-electron chi connectivity index (χ3n) is 1.82. The fraction of sp³-hybridized carbons (Fsp3) is 0.111. The van der Waals surface area contributed by atoms with Gasteiger partial charge in [-0.2, -0.15) is 0 Å². The van der Waals surface area contributed by atoms with Crippen LogP contribution in [-0.2, 0) is 5.88 Å². The summed E-state index contributed by atoms with van der Waals surface area (Å²) in [5.41, 5.74) is 6.53. The van der Waals surface area contributed by atoms with Gasteiger partial charge in [0.25, 0.3) is 0 Å². The summed E-state index contributed by atoms with van der Waals surface area (Å²) in [6.07, 6.45) is 0. The van der Waals surface area contributed by atoms with Gasteiger partial charge in [0, 0.05) is 19.7 Å². The molecule has 0 aliphatic carbocycles. The van der Waals surface area contributed by atoms with Crippen LogP contribution in [0.2, 0.25) is 0 Å². The third-order valence-corrected chi connectivity index (χ3v) is 4.05. The lowest BCUT2D eigenvalue weighted by Gasteiger charge is -1.96. The Morgan fingerprint density at radius 1 is 1.38 bits per heavy atom. The summed E-state index contributed by atoms with van der Waals surface area (Å²) < 4.78 is 2.17. The number of halogens is 2. The minimum absolute atomic E-state index is 0.566. The molecule has 1 aromatic heterocycles. The number of alkyl halides is 1. The summed E-state index contributed by atoms with van der Waals surface area (Å²) in [4.78, 5) is 1.18. The number of fused-ring (bicyclic) bond motifs is 1. The highest BCUT2D eigenvalue weighted by atomic mass is 79.9. The molecule has 0 spiro atoms. The molecule has 68 valence electrons. The minimum Gasteiger partial charge on any atom is -0.398 e. The Kier molecular flexibility index (Phi) is 2.49. The zero-order valence-corrected chi connectivity index (χ0v) is 9.84. The number of nitrogens with two attached hydrogens (primary N) is 1. The Morgan fingerprint density at radius 2 is 2.15 bits per heavy atom. The molecule has 1 nitrogen and oxygen atoms in total. The molecule has 0 amide bonds. The summed E-state index contributed by atoms with van der Waals surface area (Å²) in [6.45, 7) is 0. The molecular formula is C9H7BrClNS. The molecule has 4 heteroatoms. The Bertz CT molecular complexity index is 413. The van der Waals surface area contributed by atoms with Crippen LogP contribution in [0, 0.1) is 0 Å². The van der Waals surface area contributed by atoms with Gasteiger partial charge in [-0.25, -0.2) is 0 Å². The van der Waals surface area contributed by atoms with Crippen molar-refractivity contribution >= 4 is 54.6 Å². The molecule has 0 unspecified atom stereocenters. The van der Waals surface area contributed by atoms with Gasteiger partial charge in [-0.05, 0) is 39.5 Å². The van der Waals surface area contributed by atoms with E-state index in [1.54, 1.807) is 11.3 Å². The molecule has 0 saturated carbocycles. The van der Waals surface area contributed by atoms with Gasteiger partial charge >= 0.3 is 0 Å². The van der Waals surface area contributed by atoms with Crippen molar-refractivity contribution in [2.24, 2.45) is 0 Å². The Morgan fingerprint density at radius 3 is 2.85 bits per heavy atom. The first-order valence-corrected chi connectivity index (χ1v) is 5.88. The average molecular weight is 277 g/mol. The van der Waals surface area contributed by atoms with E-state index in [1.165, 1.54) is 15.0 Å². The lowest BCUT2D eigenvalue weighted by Crippen LogP contribution is -1.84. The predicted octanol–water partition coefficient (Wildman–Crippen LogP) is 3.98. The van der Waals surface area contributed by atoms with Crippen LogP contribution in [0.1, 0.15) is 4.88 Å². The molecule has 13 heavy (non-hydrogen) atoms. The monoisotopic (exact) mass is 275 g/mol. The molecule has 0 fully saturated rings. The minimum atomic E-state index is 0.566. The first-order valence-electron chi connectivity index (χ1n) is 3.74. The second-order valence-corrected chi connectivity index (χ2v) is 5.05. The van der Waals surface area contributed by atoms with Crippen LogP contribution in [0.5, 0.6) is 0 Å². The van der Waals surface area contributed by atoms with E-state index in [2.05, 4.69) is 22.0 Å². The largest absolute Gasteiger partial charge is 0.398 e. The summed E-state index contributed by atoms with van der Waals surface area (Å²) in [5.74, 6) is 0.566. The van der Waals surface area contributed by atoms with Crippen molar-refractivity contribution < 1.29 is 0 Å². The smallest absolute Gasteiger partial charge is 0.0568 e. The molecule has 2 aromatic rings. The number of nitrogen functional groups attached to an aromatic ring is 1. The molecule has 0 radical (unpaired) electrons. The SMILES string of the molecule is Nc1cc2cc(CCl)sc2cc1Br. The standard InChI is InChI=1S/C9H7BrClNS/c10-7-3-9-5(2-8(7)12)1-6(4-11)13-9/h1-3H,4,12H2. The molecule has 2 rings (SSSR count). The van der Waals surface area contributed by atoms with E-state index in [0.717, 1.165) is 10.2 Å². The molecule has 1 heterocycles. The second kappa shape index (κ2) is 3.48. The fourth-order valence-electron chi connectivity index (χ4n) is 1.20. The van der Waals surface area contributed by atoms with E-state index in [0.29, 0.717) is 5.88 Å². The summed E-state index contributed by atoms with van der Waals surface area (Å²) >= 11 is 10.8. The van der Waals surface area contributed by atoms with Gasteiger partial charge < -0.3 is 5.73 Å². The van der Waals surface area contributed by atoms with Crippen LogP contribution in [0.4, 0.5) is 5.69 Å². The van der Waals surface area contributed by atoms with Crippen LogP contribution >= 0.6 is 38.9 Å². The van der Waals surface area contributed by atoms with E-state index in [1.807, 2.05) is 12.1 Å². The molecule has 0 aliphatic rings. The van der Waals surface area contributed by atoms with Crippen molar-refractivity contribution in [3.05, 3.63) is 27.5 Å². The quantitative estimate of drug-likeness (QED) is 0.619. The average Bonchev–Trinajstić information content (AvgIpc) is 2.48. The van der Waals surface area contributed by atoms with E-state index in [9.17, 15) is 0 Å². The zero-order valence-electron chi connectivity index (χ0n) is 6.68. The highest BCUT2D eigenvalue weighted by Gasteiger charge is 2.03. The van der Waals surface area contributed by atoms with E-state index >= 15 is 0 Å². The predicted molar refractivity (Wildman–Crippen MR) is 63.5 cm³/mol. The number of hydrogen-bond acceptors (Lipinski definition) is 2. The fourth-order valence-corrected chi connectivity index (χ4v) is 2.87. The van der Waals surface area contributed by atoms with Crippen LogP contribution in [0.15, 0.2) is 22.7 Å². The number of anilines is 1. The molecule has 1 aromatic carbocycles. The molecular weight excluding hydrogens is 270 g/mol. The number of rotatable bonds is 1. The zero-order chi connectivity index (χ0) is 9.42. The Balaban J connectivity index is 2.70. The van der Waals surface area contributed by atoms with E-state index in [4.69, 9.17) is 17.3 Å². The van der Waals surface area contributed by atoms with Crippen molar-refractivity contribution in [2.45, 2.75) is 5.88 Å². The van der Waals surface area contributed by atoms with Crippen molar-refractivity contribution in [1.29, 1.82) is 0 Å². The van der Waals surface area contributed by atoms with Crippen LogP contribution < -0.4 is 5.73 Å². The third kappa shape index (κ3) is 1.68. The topological polar surface area (TPSA) is 26.0 Å². The van der Waals surface area contributed by atoms with Gasteiger partial charge in [0.2, 0.25) is 0 Å². The van der Waals surface area contributed by atoms with Gasteiger partial charge in [-0.1, -0.05) is 0 Å². The van der Waals surface area contributed by atoms with Gasteiger partial charge in [0.1, 0.15) is 0 Å². The highest BCUT2D eigenvalue weighted by Crippen LogP contribution is 2.32. The first kappa shape index (κ1) is 9.31. The van der Waals surface area contributed by atoms with Gasteiger partial charge in [0.05, 0.1) is 5.88 Å². The first-order chi connectivity index (χ1) is 6.20. The molecule has 0 saturated heterocycles. The lowest BCUT2D eigenvalue weighted by molar-refractivity contribution is 1.54. The number of thiophene rings is 1. The van der Waals surface area contributed by atoms with Crippen molar-refractivity contribution in [1.82, 2.24) is 0 Å². The summed E-state index contributed by atoms with van der Waals surface area (Å²) in [5, 5.41) is 1.17. The van der Waals surface area contributed by atoms with Crippen molar-refractivity contribution in [2.75, 3.05) is 5.73 Å². The van der Waals surface area contributed by atoms with Crippen molar-refractivity contribution in [3.63, 3.8) is 0 Å². The van der Waals surface area contributed by atoms with Gasteiger partial charge in [0.15, 0.2) is 0 Å². The maximum atomic E-state index is 5.76. The Labute approximate surface area is 93.6 Å². The van der Waals surface area contributed by atoms with E-state index < -0.39 is 0 Å². The van der Waals surface area contributed by atoms with Crippen LogP contribution in [-0.4, -0.2) is 0 Å². The maximum Gasteiger partial charge on any atom is 0.0568 e. The number of benzene rings is 1. The lowest BCUT2D eigenvalue weighted by atomic mass is 10.2. The number of hydrogen-bond donors (Lipinski definition) is 1. The van der Waals surface area contributed by atoms with Crippen LogP contribution in [0.3, 0.4) is 0 Å².